The van der Waals surface area contributed by atoms with Crippen molar-refractivity contribution < 1.29 is 18.0 Å². The topological polar surface area (TPSA) is 17.1 Å². The van der Waals surface area contributed by atoms with Crippen molar-refractivity contribution in [2.75, 3.05) is 0 Å². The Morgan fingerprint density at radius 2 is 1.92 bits per heavy atom. The lowest BCUT2D eigenvalue weighted by molar-refractivity contribution is -0.0882. The van der Waals surface area contributed by atoms with Gasteiger partial charge >= 0.3 is 6.18 Å². The van der Waals surface area contributed by atoms with Crippen LogP contribution >= 0.6 is 11.3 Å². The lowest BCUT2D eigenvalue weighted by Crippen LogP contribution is -2.21. The third-order valence-electron chi connectivity index (χ3n) is 1.65. The fourth-order valence-corrected chi connectivity index (χ4v) is 1.82. The summed E-state index contributed by atoms with van der Waals surface area (Å²) in [5, 5.41) is 0. The first kappa shape index (κ1) is 10.2. The minimum Gasteiger partial charge on any atom is -0.283 e. The maximum Gasteiger partial charge on any atom is 0.455 e. The van der Waals surface area contributed by atoms with Gasteiger partial charge < -0.3 is 0 Å². The van der Waals surface area contributed by atoms with Gasteiger partial charge in [0, 0.05) is 4.88 Å². The van der Waals surface area contributed by atoms with Crippen LogP contribution in [0.15, 0.2) is 6.07 Å². The second kappa shape index (κ2) is 3.14. The highest BCUT2D eigenvalue weighted by Gasteiger charge is 2.40. The van der Waals surface area contributed by atoms with Crippen LogP contribution in [0.1, 0.15) is 20.1 Å². The van der Waals surface area contributed by atoms with Gasteiger partial charge in [0.1, 0.15) is 0 Å². The van der Waals surface area contributed by atoms with E-state index in [1.165, 1.54) is 6.07 Å². The van der Waals surface area contributed by atoms with Gasteiger partial charge in [-0.05, 0) is 25.5 Å². The Hall–Kier alpha value is -0.840. The van der Waals surface area contributed by atoms with Crippen molar-refractivity contribution in [1.29, 1.82) is 0 Å². The van der Waals surface area contributed by atoms with E-state index in [-0.39, 0.29) is 4.88 Å². The number of carbonyl (C=O) groups is 1. The van der Waals surface area contributed by atoms with E-state index in [9.17, 15) is 18.0 Å². The average Bonchev–Trinajstić information content (AvgIpc) is 2.29. The van der Waals surface area contributed by atoms with Crippen molar-refractivity contribution in [3.05, 3.63) is 21.4 Å². The summed E-state index contributed by atoms with van der Waals surface area (Å²) >= 11 is 0.880. The molecule has 0 saturated carbocycles. The van der Waals surface area contributed by atoms with Gasteiger partial charge in [0.15, 0.2) is 0 Å². The van der Waals surface area contributed by atoms with Crippen LogP contribution < -0.4 is 0 Å². The number of Topliss-reactive ketones (excluding diaryl/α,β-unsaturated/α-hetero) is 1. The standard InChI is InChI=1S/C8H7F3OS/c1-4-3-6(13-5(4)2)7(12)8(9,10)11/h3H,1-2H3. The summed E-state index contributed by atoms with van der Waals surface area (Å²) in [5.41, 5.74) is 0.720. The van der Waals surface area contributed by atoms with Crippen molar-refractivity contribution >= 4 is 17.1 Å². The van der Waals surface area contributed by atoms with Crippen LogP contribution in [0.3, 0.4) is 0 Å². The Balaban J connectivity index is 3.03. The van der Waals surface area contributed by atoms with E-state index in [1.807, 2.05) is 0 Å². The molecular weight excluding hydrogens is 201 g/mol. The first-order valence-electron chi connectivity index (χ1n) is 3.51. The molecule has 1 rings (SSSR count). The summed E-state index contributed by atoms with van der Waals surface area (Å²) in [6.45, 7) is 3.37. The Labute approximate surface area is 77.2 Å². The molecule has 1 aromatic rings. The summed E-state index contributed by atoms with van der Waals surface area (Å²) in [6.07, 6.45) is -4.76. The lowest BCUT2D eigenvalue weighted by Gasteiger charge is -2.00. The minimum absolute atomic E-state index is 0.234. The van der Waals surface area contributed by atoms with Gasteiger partial charge in [-0.25, -0.2) is 0 Å². The molecule has 0 aromatic carbocycles. The van der Waals surface area contributed by atoms with Crippen LogP contribution in [0.4, 0.5) is 13.2 Å². The van der Waals surface area contributed by atoms with E-state index in [0.717, 1.165) is 21.8 Å². The zero-order valence-electron chi connectivity index (χ0n) is 7.03. The number of hydrogen-bond acceptors (Lipinski definition) is 2. The fourth-order valence-electron chi connectivity index (χ4n) is 0.825. The number of thiophene rings is 1. The third kappa shape index (κ3) is 2.09. The molecule has 1 nitrogen and oxygen atoms in total. The molecule has 13 heavy (non-hydrogen) atoms. The Bertz CT molecular complexity index is 318. The molecular formula is C8H7F3OS. The van der Waals surface area contributed by atoms with Crippen molar-refractivity contribution in [3.63, 3.8) is 0 Å². The molecule has 0 aliphatic rings. The molecule has 72 valence electrons. The molecule has 0 amide bonds. The molecule has 0 aliphatic heterocycles. The quantitative estimate of drug-likeness (QED) is 0.648. The van der Waals surface area contributed by atoms with Crippen molar-refractivity contribution in [2.45, 2.75) is 20.0 Å². The molecule has 0 saturated heterocycles. The molecule has 0 aliphatic carbocycles. The summed E-state index contributed by atoms with van der Waals surface area (Å²) < 4.78 is 35.8. The molecule has 0 unspecified atom stereocenters. The number of ketones is 1. The SMILES string of the molecule is Cc1cc(C(=O)C(F)(F)F)sc1C. The number of rotatable bonds is 1. The summed E-state index contributed by atoms with van der Waals surface area (Å²) in [4.78, 5) is 11.2. The van der Waals surface area contributed by atoms with Crippen molar-refractivity contribution in [1.82, 2.24) is 0 Å². The zero-order chi connectivity index (χ0) is 10.2. The Morgan fingerprint density at radius 1 is 1.38 bits per heavy atom. The van der Waals surface area contributed by atoms with Crippen LogP contribution in [0.2, 0.25) is 0 Å². The van der Waals surface area contributed by atoms with Gasteiger partial charge in [-0.3, -0.25) is 4.79 Å². The maximum absolute atomic E-state index is 11.9. The van der Waals surface area contributed by atoms with Crippen LogP contribution in [-0.2, 0) is 0 Å². The van der Waals surface area contributed by atoms with E-state index in [2.05, 4.69) is 0 Å². The first-order valence-corrected chi connectivity index (χ1v) is 4.32. The van der Waals surface area contributed by atoms with Crippen molar-refractivity contribution in [2.24, 2.45) is 0 Å². The van der Waals surface area contributed by atoms with Crippen LogP contribution in [-0.4, -0.2) is 12.0 Å². The fraction of sp³-hybridized carbons (Fsp3) is 0.375. The molecule has 0 fully saturated rings. The second-order valence-corrected chi connectivity index (χ2v) is 3.93. The van der Waals surface area contributed by atoms with Gasteiger partial charge in [0.25, 0.3) is 5.78 Å². The molecule has 0 spiro atoms. The lowest BCUT2D eigenvalue weighted by atomic mass is 10.2. The number of alkyl halides is 3. The molecule has 0 atom stereocenters. The van der Waals surface area contributed by atoms with Gasteiger partial charge in [-0.15, -0.1) is 11.3 Å². The highest BCUT2D eigenvalue weighted by Crippen LogP contribution is 2.28. The minimum atomic E-state index is -4.76. The van der Waals surface area contributed by atoms with E-state index in [4.69, 9.17) is 0 Å². The Morgan fingerprint density at radius 3 is 2.23 bits per heavy atom. The summed E-state index contributed by atoms with van der Waals surface area (Å²) in [7, 11) is 0. The van der Waals surface area contributed by atoms with Crippen LogP contribution in [0.25, 0.3) is 0 Å². The smallest absolute Gasteiger partial charge is 0.283 e. The van der Waals surface area contributed by atoms with E-state index in [1.54, 1.807) is 13.8 Å². The van der Waals surface area contributed by atoms with E-state index in [0.29, 0.717) is 0 Å². The average molecular weight is 208 g/mol. The van der Waals surface area contributed by atoms with E-state index < -0.39 is 12.0 Å². The largest absolute Gasteiger partial charge is 0.455 e. The highest BCUT2D eigenvalue weighted by atomic mass is 32.1. The number of hydrogen-bond donors (Lipinski definition) is 0. The highest BCUT2D eigenvalue weighted by molar-refractivity contribution is 7.14. The third-order valence-corrected chi connectivity index (χ3v) is 2.80. The van der Waals surface area contributed by atoms with E-state index >= 15 is 0 Å². The second-order valence-electron chi connectivity index (χ2n) is 2.68. The van der Waals surface area contributed by atoms with Crippen LogP contribution in [0.5, 0.6) is 0 Å². The maximum atomic E-state index is 11.9. The summed E-state index contributed by atoms with van der Waals surface area (Å²) in [5.74, 6) is -1.76. The Kier molecular flexibility index (Phi) is 2.47. The summed E-state index contributed by atoms with van der Waals surface area (Å²) in [6, 6.07) is 1.27. The first-order chi connectivity index (χ1) is 5.82. The van der Waals surface area contributed by atoms with Crippen LogP contribution in [0, 0.1) is 13.8 Å². The van der Waals surface area contributed by atoms with Gasteiger partial charge in [-0.1, -0.05) is 0 Å². The van der Waals surface area contributed by atoms with Gasteiger partial charge in [0.05, 0.1) is 4.88 Å². The predicted octanol–water partition coefficient (Wildman–Crippen LogP) is 3.11. The van der Waals surface area contributed by atoms with Gasteiger partial charge in [0.2, 0.25) is 0 Å². The van der Waals surface area contributed by atoms with Gasteiger partial charge in [-0.2, -0.15) is 13.2 Å². The molecule has 0 radical (unpaired) electrons. The molecule has 1 aromatic heterocycles. The number of halogens is 3. The number of carbonyl (C=O) groups excluding carboxylic acids is 1. The zero-order valence-corrected chi connectivity index (χ0v) is 7.84. The normalized spacial score (nSPS) is 11.8. The molecule has 5 heteroatoms. The van der Waals surface area contributed by atoms with Crippen molar-refractivity contribution in [3.8, 4) is 0 Å². The monoisotopic (exact) mass is 208 g/mol. The molecule has 0 bridgehead atoms. The number of aryl methyl sites for hydroxylation is 2. The molecule has 1 heterocycles. The molecule has 0 N–H and O–H groups in total. The predicted molar refractivity (Wildman–Crippen MR) is 44.2 cm³/mol.